The van der Waals surface area contributed by atoms with Crippen LogP contribution in [0.4, 0.5) is 5.69 Å². The van der Waals surface area contributed by atoms with E-state index in [0.717, 1.165) is 57.6 Å². The Labute approximate surface area is 224 Å². The van der Waals surface area contributed by atoms with Crippen molar-refractivity contribution in [3.63, 3.8) is 0 Å². The van der Waals surface area contributed by atoms with E-state index in [4.69, 9.17) is 4.98 Å². The lowest BCUT2D eigenvalue weighted by Crippen LogP contribution is -2.58. The molecular weight excluding hydrogens is 472 g/mol. The van der Waals surface area contributed by atoms with Gasteiger partial charge in [-0.1, -0.05) is 24.3 Å². The zero-order chi connectivity index (χ0) is 26.4. The van der Waals surface area contributed by atoms with E-state index in [1.807, 2.05) is 51.5 Å². The Balaban J connectivity index is 1.24. The summed E-state index contributed by atoms with van der Waals surface area (Å²) in [6.45, 7) is 8.59. The van der Waals surface area contributed by atoms with Gasteiger partial charge in [0, 0.05) is 61.6 Å². The summed E-state index contributed by atoms with van der Waals surface area (Å²) in [5.41, 5.74) is 7.14. The first-order valence-corrected chi connectivity index (χ1v) is 13.5. The molecule has 1 spiro atoms. The molecule has 2 aliphatic heterocycles. The third-order valence-corrected chi connectivity index (χ3v) is 8.43. The molecule has 0 unspecified atom stereocenters. The number of carbonyl (C=O) groups excluding carboxylic acids is 1. The fraction of sp³-hybridized carbons (Fsp3) is 0.387. The first-order chi connectivity index (χ1) is 18.3. The van der Waals surface area contributed by atoms with Gasteiger partial charge in [0.25, 0.3) is 5.91 Å². The number of para-hydroxylation sites is 1. The number of benzene rings is 2. The van der Waals surface area contributed by atoms with Crippen LogP contribution in [0.25, 0.3) is 22.2 Å². The summed E-state index contributed by atoms with van der Waals surface area (Å²) in [6.07, 6.45) is 6.23. The maximum atomic E-state index is 13.6. The summed E-state index contributed by atoms with van der Waals surface area (Å²) in [7, 11) is 4.11. The van der Waals surface area contributed by atoms with Gasteiger partial charge in [0.2, 0.25) is 0 Å². The predicted octanol–water partition coefficient (Wildman–Crippen LogP) is 4.97. The van der Waals surface area contributed by atoms with Crippen molar-refractivity contribution in [2.24, 2.45) is 12.5 Å². The molecular formula is C31H36N6O. The molecule has 7 nitrogen and oxygen atoms in total. The summed E-state index contributed by atoms with van der Waals surface area (Å²) < 4.78 is 1.78. The lowest BCUT2D eigenvalue weighted by atomic mass is 9.72. The van der Waals surface area contributed by atoms with Crippen LogP contribution in [0.2, 0.25) is 0 Å². The van der Waals surface area contributed by atoms with Gasteiger partial charge in [0.05, 0.1) is 23.4 Å². The normalized spacial score (nSPS) is 17.9. The van der Waals surface area contributed by atoms with Crippen molar-refractivity contribution in [3.05, 3.63) is 77.6 Å². The minimum Gasteiger partial charge on any atom is -0.371 e. The van der Waals surface area contributed by atoms with Crippen molar-refractivity contribution in [3.8, 4) is 11.3 Å². The molecule has 1 amide bonds. The first kappa shape index (κ1) is 24.6. The number of aromatic nitrogens is 3. The molecule has 1 atom stereocenters. The van der Waals surface area contributed by atoms with Gasteiger partial charge < -0.3 is 15.1 Å². The maximum Gasteiger partial charge on any atom is 0.252 e. The highest BCUT2D eigenvalue weighted by Crippen LogP contribution is 2.40. The molecule has 2 aromatic carbocycles. The van der Waals surface area contributed by atoms with Crippen molar-refractivity contribution in [1.29, 1.82) is 0 Å². The van der Waals surface area contributed by atoms with Crippen LogP contribution in [-0.4, -0.2) is 58.8 Å². The van der Waals surface area contributed by atoms with E-state index < -0.39 is 0 Å². The number of hydrogen-bond acceptors (Lipinski definition) is 5. The number of nitrogens with one attached hydrogen (secondary N) is 1. The number of aryl methyl sites for hydroxylation is 2. The molecule has 0 saturated carbocycles. The van der Waals surface area contributed by atoms with Crippen LogP contribution in [0.5, 0.6) is 0 Å². The predicted molar refractivity (Wildman–Crippen MR) is 152 cm³/mol. The quantitative estimate of drug-likeness (QED) is 0.413. The van der Waals surface area contributed by atoms with Crippen LogP contribution in [-0.2, 0) is 7.05 Å². The van der Waals surface area contributed by atoms with Gasteiger partial charge in [-0.2, -0.15) is 5.10 Å². The number of carbonyl (C=O) groups is 1. The highest BCUT2D eigenvalue weighted by Gasteiger charge is 2.43. The number of hydrogen-bond donors (Lipinski definition) is 1. The molecule has 4 heterocycles. The average molecular weight is 509 g/mol. The Bertz CT molecular complexity index is 1490. The first-order valence-electron chi connectivity index (χ1n) is 13.5. The number of piperidine rings is 1. The van der Waals surface area contributed by atoms with E-state index in [0.29, 0.717) is 5.41 Å². The second-order valence-corrected chi connectivity index (χ2v) is 11.4. The highest BCUT2D eigenvalue weighted by molar-refractivity contribution is 5.97. The minimum absolute atomic E-state index is 0.0465. The summed E-state index contributed by atoms with van der Waals surface area (Å²) >= 11 is 0. The van der Waals surface area contributed by atoms with Crippen LogP contribution >= 0.6 is 0 Å². The van der Waals surface area contributed by atoms with Crippen molar-refractivity contribution >= 4 is 22.5 Å². The zero-order valence-corrected chi connectivity index (χ0v) is 22.7. The van der Waals surface area contributed by atoms with Gasteiger partial charge in [-0.15, -0.1) is 0 Å². The number of fused-ring (bicyclic) bond motifs is 1. The Morgan fingerprint density at radius 3 is 2.53 bits per heavy atom. The molecule has 2 aromatic heterocycles. The molecule has 38 heavy (non-hydrogen) atoms. The Morgan fingerprint density at radius 2 is 1.82 bits per heavy atom. The van der Waals surface area contributed by atoms with E-state index in [1.165, 1.54) is 25.9 Å². The zero-order valence-electron chi connectivity index (χ0n) is 22.7. The molecule has 4 aromatic rings. The van der Waals surface area contributed by atoms with Gasteiger partial charge in [-0.05, 0) is 74.5 Å². The third-order valence-electron chi connectivity index (χ3n) is 8.43. The van der Waals surface area contributed by atoms with Crippen LogP contribution in [0.1, 0.15) is 47.3 Å². The fourth-order valence-electron chi connectivity index (χ4n) is 6.32. The van der Waals surface area contributed by atoms with E-state index in [1.54, 1.807) is 4.68 Å². The number of pyridine rings is 1. The molecule has 7 heteroatoms. The lowest BCUT2D eigenvalue weighted by Gasteiger charge is -2.53. The topological polar surface area (TPSA) is 66.3 Å². The second-order valence-electron chi connectivity index (χ2n) is 11.4. The molecule has 6 rings (SSSR count). The maximum absolute atomic E-state index is 13.6. The lowest BCUT2D eigenvalue weighted by molar-refractivity contribution is 0.00131. The average Bonchev–Trinajstić information content (AvgIpc) is 3.34. The largest absolute Gasteiger partial charge is 0.371 e. The van der Waals surface area contributed by atoms with Crippen LogP contribution in [0.3, 0.4) is 0 Å². The van der Waals surface area contributed by atoms with Crippen molar-refractivity contribution < 1.29 is 4.79 Å². The van der Waals surface area contributed by atoms with Crippen LogP contribution in [0, 0.1) is 12.3 Å². The van der Waals surface area contributed by atoms with Crippen LogP contribution < -0.4 is 10.2 Å². The Morgan fingerprint density at radius 1 is 1.05 bits per heavy atom. The number of anilines is 1. The fourth-order valence-corrected chi connectivity index (χ4v) is 6.32. The molecule has 1 N–H and O–H groups in total. The third kappa shape index (κ3) is 4.56. The molecule has 0 radical (unpaired) electrons. The van der Waals surface area contributed by atoms with Crippen molar-refractivity contribution in [1.82, 2.24) is 25.0 Å². The molecule has 0 bridgehead atoms. The van der Waals surface area contributed by atoms with Gasteiger partial charge >= 0.3 is 0 Å². The summed E-state index contributed by atoms with van der Waals surface area (Å²) in [6, 6.07) is 16.3. The second kappa shape index (κ2) is 9.55. The standard InChI is InChI=1S/C31H36N6O/c1-21-9-10-24(37-13-11-31(12-14-37)19-35(3)20-31)15-26(21)30(38)33-22(2)27-16-29(23-17-32-36(4)18-23)34-28-8-6-5-7-25(27)28/h5-10,15-18,22H,11-14,19-20H2,1-4H3,(H,33,38)/t22-/m1/s1. The SMILES string of the molecule is Cc1ccc(N2CCC3(CC2)CN(C)C3)cc1C(=O)N[C@H](C)c1cc(-c2cnn(C)c2)nc2ccccc12. The number of likely N-dealkylation sites (tertiary alicyclic amines) is 1. The van der Waals surface area contributed by atoms with E-state index in [9.17, 15) is 4.79 Å². The monoisotopic (exact) mass is 508 g/mol. The van der Waals surface area contributed by atoms with Gasteiger partial charge in [-0.3, -0.25) is 9.48 Å². The molecule has 0 aliphatic carbocycles. The number of rotatable bonds is 5. The van der Waals surface area contributed by atoms with Crippen molar-refractivity contribution in [2.75, 3.05) is 38.1 Å². The van der Waals surface area contributed by atoms with Gasteiger partial charge in [0.15, 0.2) is 0 Å². The van der Waals surface area contributed by atoms with E-state index in [-0.39, 0.29) is 11.9 Å². The number of amides is 1. The summed E-state index contributed by atoms with van der Waals surface area (Å²) in [5, 5.41) is 8.64. The minimum atomic E-state index is -0.195. The van der Waals surface area contributed by atoms with E-state index in [2.05, 4.69) is 57.6 Å². The van der Waals surface area contributed by atoms with Crippen LogP contribution in [0.15, 0.2) is 60.9 Å². The smallest absolute Gasteiger partial charge is 0.252 e. The Hall–Kier alpha value is -3.71. The van der Waals surface area contributed by atoms with Crippen molar-refractivity contribution in [2.45, 2.75) is 32.7 Å². The molecule has 2 saturated heterocycles. The molecule has 2 fully saturated rings. The highest BCUT2D eigenvalue weighted by atomic mass is 16.1. The van der Waals surface area contributed by atoms with E-state index >= 15 is 0 Å². The van der Waals surface area contributed by atoms with Gasteiger partial charge in [-0.25, -0.2) is 4.98 Å². The molecule has 196 valence electrons. The Kier molecular flexibility index (Phi) is 6.19. The molecule has 2 aliphatic rings. The van der Waals surface area contributed by atoms with Gasteiger partial charge in [0.1, 0.15) is 0 Å². The number of nitrogens with zero attached hydrogens (tertiary/aromatic N) is 5. The summed E-state index contributed by atoms with van der Waals surface area (Å²) in [5.74, 6) is -0.0465. The summed E-state index contributed by atoms with van der Waals surface area (Å²) in [4.78, 5) is 23.3.